The highest BCUT2D eigenvalue weighted by Gasteiger charge is 2.11. The van der Waals surface area contributed by atoms with E-state index in [-0.39, 0.29) is 23.3 Å². The highest BCUT2D eigenvalue weighted by Crippen LogP contribution is 2.21. The Morgan fingerprint density at radius 2 is 1.53 bits per heavy atom. The Morgan fingerprint density at radius 3 is 2.11 bits per heavy atom. The van der Waals surface area contributed by atoms with Crippen molar-refractivity contribution in [2.75, 3.05) is 16.5 Å². The molecule has 0 saturated carbocycles. The van der Waals surface area contributed by atoms with Gasteiger partial charge in [0.1, 0.15) is 11.6 Å². The minimum Gasteiger partial charge on any atom is -0.368 e. The molecule has 6 N–H and O–H groups in total. The third kappa shape index (κ3) is 2.83. The first-order valence-electron chi connectivity index (χ1n) is 5.02. The maximum atomic E-state index is 13.0. The first-order valence-corrected chi connectivity index (χ1v) is 5.02. The van der Waals surface area contributed by atoms with Gasteiger partial charge in [-0.25, -0.2) is 19.0 Å². The van der Waals surface area contributed by atoms with Crippen molar-refractivity contribution in [3.8, 4) is 0 Å². The summed E-state index contributed by atoms with van der Waals surface area (Å²) in [6.45, 7) is 0. The second-order valence-electron chi connectivity index (χ2n) is 3.52. The number of hydrogen-bond acceptors (Lipinski definition) is 6. The maximum Gasteiger partial charge on any atom is 0.223 e. The van der Waals surface area contributed by atoms with E-state index in [1.807, 2.05) is 0 Å². The van der Waals surface area contributed by atoms with Crippen LogP contribution in [0.25, 0.3) is 0 Å². The standard InChI is InChI=1S/C10H9F3N6/c11-5-1-4(2-6(12)9(5)13)16-7-3-8(19-15)18-10(14)17-7/h1-3H,15H2,(H4,14,16,17,18,19). The van der Waals surface area contributed by atoms with Gasteiger partial charge < -0.3 is 16.5 Å². The number of hydrogen-bond donors (Lipinski definition) is 4. The summed E-state index contributed by atoms with van der Waals surface area (Å²) >= 11 is 0. The van der Waals surface area contributed by atoms with Gasteiger partial charge in [-0.15, -0.1) is 0 Å². The van der Waals surface area contributed by atoms with Crippen molar-refractivity contribution in [3.63, 3.8) is 0 Å². The van der Waals surface area contributed by atoms with E-state index < -0.39 is 17.5 Å². The molecule has 2 aromatic rings. The van der Waals surface area contributed by atoms with Gasteiger partial charge in [-0.3, -0.25) is 0 Å². The van der Waals surface area contributed by atoms with E-state index in [0.717, 1.165) is 12.1 Å². The Kier molecular flexibility index (Phi) is 3.38. The van der Waals surface area contributed by atoms with Crippen molar-refractivity contribution in [1.82, 2.24) is 9.97 Å². The van der Waals surface area contributed by atoms with Crippen LogP contribution in [0.1, 0.15) is 0 Å². The molecular weight excluding hydrogens is 261 g/mol. The van der Waals surface area contributed by atoms with Gasteiger partial charge in [0, 0.05) is 23.9 Å². The average molecular weight is 270 g/mol. The molecule has 1 heterocycles. The fourth-order valence-electron chi connectivity index (χ4n) is 1.38. The second-order valence-corrected chi connectivity index (χ2v) is 3.52. The van der Waals surface area contributed by atoms with Crippen LogP contribution in [0, 0.1) is 17.5 Å². The van der Waals surface area contributed by atoms with Crippen molar-refractivity contribution in [1.29, 1.82) is 0 Å². The van der Waals surface area contributed by atoms with Crippen LogP contribution in [0.5, 0.6) is 0 Å². The molecule has 0 atom stereocenters. The summed E-state index contributed by atoms with van der Waals surface area (Å²) < 4.78 is 38.8. The number of halogens is 3. The van der Waals surface area contributed by atoms with E-state index in [2.05, 4.69) is 20.7 Å². The fraction of sp³-hybridized carbons (Fsp3) is 0. The van der Waals surface area contributed by atoms with Crippen molar-refractivity contribution in [2.24, 2.45) is 5.84 Å². The lowest BCUT2D eigenvalue weighted by Gasteiger charge is -2.08. The van der Waals surface area contributed by atoms with Crippen LogP contribution in [0.15, 0.2) is 18.2 Å². The van der Waals surface area contributed by atoms with Crippen molar-refractivity contribution in [2.45, 2.75) is 0 Å². The molecule has 0 amide bonds. The van der Waals surface area contributed by atoms with E-state index in [4.69, 9.17) is 11.6 Å². The molecule has 1 aromatic carbocycles. The number of benzene rings is 1. The van der Waals surface area contributed by atoms with E-state index in [1.54, 1.807) is 0 Å². The zero-order valence-corrected chi connectivity index (χ0v) is 9.42. The number of aromatic nitrogens is 2. The van der Waals surface area contributed by atoms with Crippen LogP contribution >= 0.6 is 0 Å². The highest BCUT2D eigenvalue weighted by atomic mass is 19.2. The Labute approximate surface area is 105 Å². The molecule has 6 nitrogen and oxygen atoms in total. The Hall–Kier alpha value is -2.55. The fourth-order valence-corrected chi connectivity index (χ4v) is 1.38. The zero-order valence-electron chi connectivity index (χ0n) is 9.42. The number of hydrazine groups is 1. The number of nitrogens with one attached hydrogen (secondary N) is 2. The molecule has 0 radical (unpaired) electrons. The highest BCUT2D eigenvalue weighted by molar-refractivity contribution is 5.60. The van der Waals surface area contributed by atoms with Gasteiger partial charge in [-0.1, -0.05) is 0 Å². The molecule has 19 heavy (non-hydrogen) atoms. The van der Waals surface area contributed by atoms with Crippen LogP contribution in [0.2, 0.25) is 0 Å². The van der Waals surface area contributed by atoms with Crippen molar-refractivity contribution >= 4 is 23.3 Å². The molecule has 0 aliphatic rings. The third-order valence-corrected chi connectivity index (χ3v) is 2.15. The molecular formula is C10H9F3N6. The van der Waals surface area contributed by atoms with Gasteiger partial charge in [-0.05, 0) is 0 Å². The monoisotopic (exact) mass is 270 g/mol. The Bertz CT molecular complexity index is 595. The molecule has 0 bridgehead atoms. The minimum absolute atomic E-state index is 0.0301. The molecule has 0 aliphatic heterocycles. The second kappa shape index (κ2) is 4.98. The van der Waals surface area contributed by atoms with Gasteiger partial charge in [-0.2, -0.15) is 9.97 Å². The Morgan fingerprint density at radius 1 is 0.947 bits per heavy atom. The largest absolute Gasteiger partial charge is 0.368 e. The average Bonchev–Trinajstić information content (AvgIpc) is 2.35. The third-order valence-electron chi connectivity index (χ3n) is 2.15. The molecule has 100 valence electrons. The summed E-state index contributed by atoms with van der Waals surface area (Å²) in [5, 5.41) is 2.56. The van der Waals surface area contributed by atoms with Crippen LogP contribution in [-0.2, 0) is 0 Å². The SMILES string of the molecule is NNc1cc(Nc2cc(F)c(F)c(F)c2)nc(N)n1. The van der Waals surface area contributed by atoms with E-state index >= 15 is 0 Å². The topological polar surface area (TPSA) is 102 Å². The van der Waals surface area contributed by atoms with Crippen molar-refractivity contribution < 1.29 is 13.2 Å². The minimum atomic E-state index is -1.54. The van der Waals surface area contributed by atoms with Gasteiger partial charge in [0.15, 0.2) is 17.5 Å². The molecule has 0 saturated heterocycles. The predicted molar refractivity (Wildman–Crippen MR) is 63.9 cm³/mol. The number of nitrogens with two attached hydrogens (primary N) is 2. The van der Waals surface area contributed by atoms with Gasteiger partial charge in [0.2, 0.25) is 5.95 Å². The predicted octanol–water partition coefficient (Wildman–Crippen LogP) is 1.51. The lowest BCUT2D eigenvalue weighted by Crippen LogP contribution is -2.11. The van der Waals surface area contributed by atoms with Crippen LogP contribution < -0.4 is 22.3 Å². The number of nitrogens with zero attached hydrogens (tertiary/aromatic N) is 2. The van der Waals surface area contributed by atoms with Crippen LogP contribution in [0.4, 0.5) is 36.4 Å². The van der Waals surface area contributed by atoms with Crippen LogP contribution in [0.3, 0.4) is 0 Å². The van der Waals surface area contributed by atoms with Gasteiger partial charge in [0.25, 0.3) is 0 Å². The summed E-state index contributed by atoms with van der Waals surface area (Å²) in [5.41, 5.74) is 7.62. The maximum absolute atomic E-state index is 13.0. The molecule has 0 aliphatic carbocycles. The molecule has 9 heteroatoms. The summed E-state index contributed by atoms with van der Waals surface area (Å²) in [7, 11) is 0. The van der Waals surface area contributed by atoms with E-state index in [0.29, 0.717) is 0 Å². The molecule has 0 fully saturated rings. The first-order chi connectivity index (χ1) is 8.99. The van der Waals surface area contributed by atoms with E-state index in [9.17, 15) is 13.2 Å². The number of anilines is 4. The molecule has 0 spiro atoms. The molecule has 2 rings (SSSR count). The first kappa shape index (κ1) is 12.9. The van der Waals surface area contributed by atoms with Crippen LogP contribution in [-0.4, -0.2) is 9.97 Å². The summed E-state index contributed by atoms with van der Waals surface area (Å²) in [6.07, 6.45) is 0. The number of nitrogen functional groups attached to an aromatic ring is 2. The Balaban J connectivity index is 2.33. The quantitative estimate of drug-likeness (QED) is 0.383. The van der Waals surface area contributed by atoms with Crippen molar-refractivity contribution in [3.05, 3.63) is 35.7 Å². The summed E-state index contributed by atoms with van der Waals surface area (Å²) in [5.74, 6) is 1.23. The summed E-state index contributed by atoms with van der Waals surface area (Å²) in [4.78, 5) is 7.51. The lowest BCUT2D eigenvalue weighted by molar-refractivity contribution is 0.448. The number of rotatable bonds is 3. The van der Waals surface area contributed by atoms with E-state index in [1.165, 1.54) is 6.07 Å². The molecule has 0 unspecified atom stereocenters. The van der Waals surface area contributed by atoms with Gasteiger partial charge in [0.05, 0.1) is 0 Å². The lowest BCUT2D eigenvalue weighted by atomic mass is 10.3. The van der Waals surface area contributed by atoms with Gasteiger partial charge >= 0.3 is 0 Å². The molecule has 1 aromatic heterocycles. The zero-order chi connectivity index (χ0) is 14.0. The summed E-state index contributed by atoms with van der Waals surface area (Å²) in [6, 6.07) is 2.92. The smallest absolute Gasteiger partial charge is 0.223 e. The normalized spacial score (nSPS) is 10.3.